The van der Waals surface area contributed by atoms with E-state index in [1.807, 2.05) is 42.6 Å². The SMILES string of the molecule is O=C(c1c[nH]c2ccccc12)C1Cc2ccccc21. The number of ketones is 1. The minimum absolute atomic E-state index is 0.0374. The number of carbonyl (C=O) groups excluding carboxylic acids is 1. The lowest BCUT2D eigenvalue weighted by Gasteiger charge is -2.28. The van der Waals surface area contributed by atoms with E-state index in [4.69, 9.17) is 0 Å². The maximum atomic E-state index is 12.6. The van der Waals surface area contributed by atoms with Crippen molar-refractivity contribution in [3.05, 3.63) is 71.4 Å². The highest BCUT2D eigenvalue weighted by Crippen LogP contribution is 2.38. The first-order chi connectivity index (χ1) is 9.34. The molecular formula is C17H13NO. The summed E-state index contributed by atoms with van der Waals surface area (Å²) in [6.07, 6.45) is 2.71. The molecular weight excluding hydrogens is 234 g/mol. The number of para-hydroxylation sites is 1. The number of rotatable bonds is 2. The van der Waals surface area contributed by atoms with Crippen LogP contribution in [0.25, 0.3) is 10.9 Å². The number of hydrogen-bond donors (Lipinski definition) is 1. The van der Waals surface area contributed by atoms with Gasteiger partial charge in [-0.15, -0.1) is 0 Å². The number of aromatic amines is 1. The smallest absolute Gasteiger partial charge is 0.172 e. The molecule has 1 unspecified atom stereocenters. The molecule has 4 rings (SSSR count). The predicted octanol–water partition coefficient (Wildman–Crippen LogP) is 3.69. The molecule has 0 bridgehead atoms. The van der Waals surface area contributed by atoms with Crippen LogP contribution in [0, 0.1) is 0 Å². The van der Waals surface area contributed by atoms with Gasteiger partial charge in [0.15, 0.2) is 5.78 Å². The summed E-state index contributed by atoms with van der Waals surface area (Å²) in [5.41, 5.74) is 4.34. The minimum Gasteiger partial charge on any atom is -0.360 e. The first kappa shape index (κ1) is 10.6. The van der Waals surface area contributed by atoms with E-state index in [1.165, 1.54) is 11.1 Å². The third-order valence-corrected chi connectivity index (χ3v) is 4.03. The zero-order valence-electron chi connectivity index (χ0n) is 10.4. The molecule has 1 heterocycles. The van der Waals surface area contributed by atoms with Gasteiger partial charge in [0.05, 0.1) is 5.92 Å². The number of Topliss-reactive ketones (excluding diaryl/α,β-unsaturated/α-hetero) is 1. The van der Waals surface area contributed by atoms with E-state index in [0.29, 0.717) is 0 Å². The summed E-state index contributed by atoms with van der Waals surface area (Å²) < 4.78 is 0. The quantitative estimate of drug-likeness (QED) is 0.688. The van der Waals surface area contributed by atoms with Crippen LogP contribution in [0.15, 0.2) is 54.7 Å². The van der Waals surface area contributed by atoms with Crippen molar-refractivity contribution in [1.82, 2.24) is 4.98 Å². The third kappa shape index (κ3) is 1.46. The molecule has 2 heteroatoms. The Morgan fingerprint density at radius 3 is 2.74 bits per heavy atom. The Morgan fingerprint density at radius 1 is 1.05 bits per heavy atom. The number of carbonyl (C=O) groups is 1. The van der Waals surface area contributed by atoms with E-state index in [-0.39, 0.29) is 11.7 Å². The van der Waals surface area contributed by atoms with Gasteiger partial charge in [0.25, 0.3) is 0 Å². The summed E-state index contributed by atoms with van der Waals surface area (Å²) in [5.74, 6) is 0.270. The molecule has 0 spiro atoms. The second-order valence-corrected chi connectivity index (χ2v) is 5.07. The van der Waals surface area contributed by atoms with Gasteiger partial charge in [-0.2, -0.15) is 0 Å². The summed E-state index contributed by atoms with van der Waals surface area (Å²) in [7, 11) is 0. The highest BCUT2D eigenvalue weighted by Gasteiger charge is 2.33. The second kappa shape index (κ2) is 3.82. The van der Waals surface area contributed by atoms with Crippen LogP contribution in [-0.4, -0.2) is 10.8 Å². The summed E-state index contributed by atoms with van der Waals surface area (Å²) in [4.78, 5) is 15.8. The van der Waals surface area contributed by atoms with Gasteiger partial charge in [-0.25, -0.2) is 0 Å². The Balaban J connectivity index is 1.77. The fourth-order valence-corrected chi connectivity index (χ4v) is 2.96. The van der Waals surface area contributed by atoms with Crippen LogP contribution in [-0.2, 0) is 6.42 Å². The van der Waals surface area contributed by atoms with Crippen molar-refractivity contribution in [1.29, 1.82) is 0 Å². The number of H-pyrrole nitrogens is 1. The Hall–Kier alpha value is -2.35. The summed E-state index contributed by atoms with van der Waals surface area (Å²) in [6.45, 7) is 0. The molecule has 0 saturated heterocycles. The fourth-order valence-electron chi connectivity index (χ4n) is 2.96. The molecule has 0 radical (unpaired) electrons. The molecule has 0 fully saturated rings. The third-order valence-electron chi connectivity index (χ3n) is 4.03. The molecule has 1 atom stereocenters. The topological polar surface area (TPSA) is 32.9 Å². The van der Waals surface area contributed by atoms with E-state index in [9.17, 15) is 4.79 Å². The Labute approximate surface area is 111 Å². The van der Waals surface area contributed by atoms with Gasteiger partial charge >= 0.3 is 0 Å². The first-order valence-electron chi connectivity index (χ1n) is 6.53. The summed E-state index contributed by atoms with van der Waals surface area (Å²) >= 11 is 0. The van der Waals surface area contributed by atoms with Crippen molar-refractivity contribution in [2.24, 2.45) is 0 Å². The molecule has 1 N–H and O–H groups in total. The van der Waals surface area contributed by atoms with Crippen molar-refractivity contribution in [3.8, 4) is 0 Å². The fraction of sp³-hybridized carbons (Fsp3) is 0.118. The van der Waals surface area contributed by atoms with Gasteiger partial charge in [-0.1, -0.05) is 42.5 Å². The Kier molecular flexibility index (Phi) is 2.12. The minimum atomic E-state index is 0.0374. The van der Waals surface area contributed by atoms with Crippen molar-refractivity contribution in [2.75, 3.05) is 0 Å². The molecule has 0 aliphatic heterocycles. The van der Waals surface area contributed by atoms with Crippen molar-refractivity contribution >= 4 is 16.7 Å². The molecule has 0 amide bonds. The van der Waals surface area contributed by atoms with Gasteiger partial charge in [-0.05, 0) is 23.6 Å². The zero-order valence-corrected chi connectivity index (χ0v) is 10.4. The normalized spacial score (nSPS) is 16.9. The van der Waals surface area contributed by atoms with Crippen LogP contribution >= 0.6 is 0 Å². The van der Waals surface area contributed by atoms with Crippen molar-refractivity contribution in [2.45, 2.75) is 12.3 Å². The molecule has 1 aliphatic rings. The van der Waals surface area contributed by atoms with Crippen LogP contribution in [0.3, 0.4) is 0 Å². The van der Waals surface area contributed by atoms with E-state index < -0.39 is 0 Å². The lowest BCUT2D eigenvalue weighted by atomic mass is 9.74. The van der Waals surface area contributed by atoms with Crippen molar-refractivity contribution < 1.29 is 4.79 Å². The van der Waals surface area contributed by atoms with Gasteiger partial charge in [-0.3, -0.25) is 4.79 Å². The highest BCUT2D eigenvalue weighted by molar-refractivity contribution is 6.11. The molecule has 19 heavy (non-hydrogen) atoms. The van der Waals surface area contributed by atoms with Crippen LogP contribution in [0.1, 0.15) is 27.4 Å². The van der Waals surface area contributed by atoms with Crippen LogP contribution in [0.5, 0.6) is 0 Å². The van der Waals surface area contributed by atoms with Gasteiger partial charge in [0, 0.05) is 22.7 Å². The molecule has 1 aliphatic carbocycles. The number of aromatic nitrogens is 1. The number of nitrogens with one attached hydrogen (secondary N) is 1. The van der Waals surface area contributed by atoms with Gasteiger partial charge in [0.2, 0.25) is 0 Å². The largest absolute Gasteiger partial charge is 0.360 e. The zero-order chi connectivity index (χ0) is 12.8. The summed E-state index contributed by atoms with van der Waals surface area (Å²) in [5, 5.41) is 1.02. The molecule has 2 aromatic carbocycles. The lowest BCUT2D eigenvalue weighted by Crippen LogP contribution is -2.25. The molecule has 1 aromatic heterocycles. The second-order valence-electron chi connectivity index (χ2n) is 5.07. The van der Waals surface area contributed by atoms with Crippen LogP contribution < -0.4 is 0 Å². The van der Waals surface area contributed by atoms with Gasteiger partial charge in [0.1, 0.15) is 0 Å². The molecule has 92 valence electrons. The number of hydrogen-bond acceptors (Lipinski definition) is 1. The number of fused-ring (bicyclic) bond motifs is 2. The first-order valence-corrected chi connectivity index (χ1v) is 6.53. The molecule has 0 saturated carbocycles. The molecule has 3 aromatic rings. The monoisotopic (exact) mass is 247 g/mol. The average molecular weight is 247 g/mol. The molecule has 2 nitrogen and oxygen atoms in total. The predicted molar refractivity (Wildman–Crippen MR) is 75.5 cm³/mol. The average Bonchev–Trinajstić information content (AvgIpc) is 2.84. The van der Waals surface area contributed by atoms with Crippen LogP contribution in [0.2, 0.25) is 0 Å². The maximum Gasteiger partial charge on any atom is 0.172 e. The Morgan fingerprint density at radius 2 is 1.84 bits per heavy atom. The Bertz CT molecular complexity index is 785. The lowest BCUT2D eigenvalue weighted by molar-refractivity contribution is 0.0950. The van der Waals surface area contributed by atoms with E-state index in [0.717, 1.165) is 22.9 Å². The van der Waals surface area contributed by atoms with Crippen LogP contribution in [0.4, 0.5) is 0 Å². The summed E-state index contributed by atoms with van der Waals surface area (Å²) in [6, 6.07) is 16.2. The highest BCUT2D eigenvalue weighted by atomic mass is 16.1. The maximum absolute atomic E-state index is 12.6. The van der Waals surface area contributed by atoms with E-state index >= 15 is 0 Å². The van der Waals surface area contributed by atoms with E-state index in [2.05, 4.69) is 17.1 Å². The van der Waals surface area contributed by atoms with Gasteiger partial charge < -0.3 is 4.98 Å². The number of benzene rings is 2. The van der Waals surface area contributed by atoms with Crippen molar-refractivity contribution in [3.63, 3.8) is 0 Å². The standard InChI is InChI=1S/C17H13NO/c19-17(14-9-11-5-1-2-6-12(11)14)15-10-18-16-8-4-3-7-13(15)16/h1-8,10,14,18H,9H2. The van der Waals surface area contributed by atoms with E-state index in [1.54, 1.807) is 0 Å².